The maximum atomic E-state index is 12.8. The summed E-state index contributed by atoms with van der Waals surface area (Å²) in [4.78, 5) is 25.4. The highest BCUT2D eigenvalue weighted by molar-refractivity contribution is 5.70. The zero-order chi connectivity index (χ0) is 44.9. The van der Waals surface area contributed by atoms with Gasteiger partial charge < -0.3 is 14.2 Å². The molecule has 1 unspecified atom stereocenters. The fourth-order valence-electron chi connectivity index (χ4n) is 6.54. The molecule has 62 heavy (non-hydrogen) atoms. The number of carbonyl (C=O) groups is 2. The number of carbonyl (C=O) groups excluding carboxylic acids is 2. The molecule has 0 fully saturated rings. The molecule has 0 aromatic carbocycles. The Morgan fingerprint density at radius 2 is 0.726 bits per heavy atom. The molecule has 0 rings (SSSR count). The van der Waals surface area contributed by atoms with Crippen LogP contribution in [0.15, 0.2) is 109 Å². The van der Waals surface area contributed by atoms with E-state index < -0.39 is 6.10 Å². The van der Waals surface area contributed by atoms with E-state index in [1.54, 1.807) is 0 Å². The van der Waals surface area contributed by atoms with Gasteiger partial charge in [0.1, 0.15) is 6.61 Å². The molecule has 0 bridgehead atoms. The van der Waals surface area contributed by atoms with Gasteiger partial charge in [0, 0.05) is 19.4 Å². The molecule has 0 radical (unpaired) electrons. The lowest BCUT2D eigenvalue weighted by Crippen LogP contribution is -2.30. The van der Waals surface area contributed by atoms with Crippen molar-refractivity contribution in [1.29, 1.82) is 0 Å². The van der Waals surface area contributed by atoms with Crippen LogP contribution in [0, 0.1) is 0 Å². The quantitative estimate of drug-likeness (QED) is 0.0347. The molecule has 1 atom stereocenters. The van der Waals surface area contributed by atoms with Crippen LogP contribution >= 0.6 is 0 Å². The van der Waals surface area contributed by atoms with Crippen molar-refractivity contribution in [2.75, 3.05) is 19.8 Å². The van der Waals surface area contributed by atoms with Gasteiger partial charge in [0.2, 0.25) is 0 Å². The molecule has 5 nitrogen and oxygen atoms in total. The smallest absolute Gasteiger partial charge is 0.306 e. The Hall–Kier alpha value is -3.44. The van der Waals surface area contributed by atoms with Crippen molar-refractivity contribution in [1.82, 2.24) is 0 Å². The number of hydrogen-bond donors (Lipinski definition) is 0. The topological polar surface area (TPSA) is 61.8 Å². The molecular weight excluding hydrogens is 765 g/mol. The monoisotopic (exact) mass is 859 g/mol. The van der Waals surface area contributed by atoms with Crippen molar-refractivity contribution < 1.29 is 23.8 Å². The first kappa shape index (κ1) is 58.6. The van der Waals surface area contributed by atoms with E-state index in [2.05, 4.69) is 130 Å². The minimum atomic E-state index is -0.584. The van der Waals surface area contributed by atoms with E-state index in [-0.39, 0.29) is 25.2 Å². The van der Waals surface area contributed by atoms with E-state index in [1.165, 1.54) is 77.0 Å². The van der Waals surface area contributed by atoms with Crippen LogP contribution in [0.3, 0.4) is 0 Å². The minimum Gasteiger partial charge on any atom is -0.462 e. The molecule has 0 saturated heterocycles. The van der Waals surface area contributed by atoms with Crippen molar-refractivity contribution >= 4 is 11.9 Å². The Bertz CT molecular complexity index is 1250. The van der Waals surface area contributed by atoms with Crippen molar-refractivity contribution in [3.63, 3.8) is 0 Å². The standard InChI is InChI=1S/C57H94O5/c1-4-7-10-13-16-19-22-25-28-31-34-37-40-43-46-49-52-60-53-55(62-57(59)51-48-45-42-39-36-33-30-27-24-21-18-15-12-9-6-3)54-61-56(58)50-47-44-41-38-35-32-29-26-23-20-17-14-11-8-5-2/h8-9,11-12,17-18,20-21,25-30,35-36,38-39,55H,4-7,10,13-16,19,22-24,31-34,37,40-54H2,1-3H3/b11-8-,12-9-,20-17-,21-18-,28-25-,29-26-,30-27-,38-35-,39-36-. The fourth-order valence-corrected chi connectivity index (χ4v) is 6.54. The van der Waals surface area contributed by atoms with Crippen LogP contribution in [-0.2, 0) is 23.8 Å². The third-order valence-corrected chi connectivity index (χ3v) is 10.3. The normalized spacial score (nSPS) is 13.1. The van der Waals surface area contributed by atoms with Gasteiger partial charge >= 0.3 is 11.9 Å². The summed E-state index contributed by atoms with van der Waals surface area (Å²) < 4.78 is 17.3. The summed E-state index contributed by atoms with van der Waals surface area (Å²) in [6, 6.07) is 0. The van der Waals surface area contributed by atoms with Gasteiger partial charge in [-0.1, -0.05) is 188 Å². The molecule has 0 aliphatic heterocycles. The van der Waals surface area contributed by atoms with Crippen molar-refractivity contribution in [2.24, 2.45) is 0 Å². The Kier molecular flexibility index (Phi) is 49.0. The maximum Gasteiger partial charge on any atom is 0.306 e. The molecule has 0 saturated carbocycles. The third kappa shape index (κ3) is 49.2. The number of allylic oxidation sites excluding steroid dienone is 18. The van der Waals surface area contributed by atoms with E-state index >= 15 is 0 Å². The summed E-state index contributed by atoms with van der Waals surface area (Å²) in [5.41, 5.74) is 0. The molecule has 5 heteroatoms. The van der Waals surface area contributed by atoms with Crippen LogP contribution < -0.4 is 0 Å². The SMILES string of the molecule is CC/C=C\C/C=C\C/C=C\C/C=C\CCCCC(=O)OCC(COCCCCCCCC/C=C\CCCCCCCC)OC(=O)CCCC/C=C\C/C=C\C/C=C\C/C=C\CC. The average molecular weight is 859 g/mol. The van der Waals surface area contributed by atoms with E-state index in [9.17, 15) is 9.59 Å². The molecule has 0 heterocycles. The molecule has 0 aliphatic rings. The summed E-state index contributed by atoms with van der Waals surface area (Å²) in [6.45, 7) is 7.48. The summed E-state index contributed by atoms with van der Waals surface area (Å²) in [5.74, 6) is -0.502. The van der Waals surface area contributed by atoms with Gasteiger partial charge in [-0.3, -0.25) is 9.59 Å². The zero-order valence-electron chi connectivity index (χ0n) is 40.3. The van der Waals surface area contributed by atoms with Gasteiger partial charge in [0.05, 0.1) is 6.61 Å². The second kappa shape index (κ2) is 51.9. The summed E-state index contributed by atoms with van der Waals surface area (Å²) in [5, 5.41) is 0. The van der Waals surface area contributed by atoms with Crippen LogP contribution in [0.4, 0.5) is 0 Å². The van der Waals surface area contributed by atoms with Crippen LogP contribution in [0.2, 0.25) is 0 Å². The van der Waals surface area contributed by atoms with Gasteiger partial charge in [0.15, 0.2) is 6.10 Å². The number of esters is 2. The summed E-state index contributed by atoms with van der Waals surface area (Å²) >= 11 is 0. The van der Waals surface area contributed by atoms with Gasteiger partial charge in [0.25, 0.3) is 0 Å². The molecule has 0 aliphatic carbocycles. The Morgan fingerprint density at radius 3 is 1.18 bits per heavy atom. The first-order valence-electron chi connectivity index (χ1n) is 25.4. The van der Waals surface area contributed by atoms with Crippen LogP contribution in [0.25, 0.3) is 0 Å². The molecule has 0 N–H and O–H groups in total. The number of unbranched alkanes of at least 4 members (excludes halogenated alkanes) is 16. The third-order valence-electron chi connectivity index (χ3n) is 10.3. The molecule has 0 aromatic rings. The van der Waals surface area contributed by atoms with E-state index in [0.29, 0.717) is 19.4 Å². The van der Waals surface area contributed by atoms with Gasteiger partial charge in [-0.15, -0.1) is 0 Å². The Balaban J connectivity index is 4.43. The molecular formula is C57H94O5. The van der Waals surface area contributed by atoms with Crippen molar-refractivity contribution in [3.05, 3.63) is 109 Å². The fraction of sp³-hybridized carbons (Fsp3) is 0.649. The predicted molar refractivity (Wildman–Crippen MR) is 269 cm³/mol. The summed E-state index contributed by atoms with van der Waals surface area (Å²) in [7, 11) is 0. The molecule has 0 spiro atoms. The average Bonchev–Trinajstić information content (AvgIpc) is 3.27. The first-order valence-corrected chi connectivity index (χ1v) is 25.4. The van der Waals surface area contributed by atoms with Crippen LogP contribution in [0.5, 0.6) is 0 Å². The van der Waals surface area contributed by atoms with Gasteiger partial charge in [-0.05, 0) is 122 Å². The predicted octanol–water partition coefficient (Wildman–Crippen LogP) is 17.2. The second-order valence-electron chi connectivity index (χ2n) is 16.3. The number of ether oxygens (including phenoxy) is 3. The van der Waals surface area contributed by atoms with Crippen molar-refractivity contribution in [2.45, 2.75) is 219 Å². The minimum absolute atomic E-state index is 0.0385. The lowest BCUT2D eigenvalue weighted by Gasteiger charge is -2.18. The van der Waals surface area contributed by atoms with Gasteiger partial charge in [-0.25, -0.2) is 0 Å². The van der Waals surface area contributed by atoms with Crippen LogP contribution in [0.1, 0.15) is 213 Å². The Morgan fingerprint density at radius 1 is 0.371 bits per heavy atom. The highest BCUT2D eigenvalue weighted by Crippen LogP contribution is 2.12. The lowest BCUT2D eigenvalue weighted by molar-refractivity contribution is -0.163. The maximum absolute atomic E-state index is 12.8. The molecule has 0 amide bonds. The molecule has 352 valence electrons. The Labute approximate surface area is 383 Å². The first-order chi connectivity index (χ1) is 30.6. The van der Waals surface area contributed by atoms with E-state index in [4.69, 9.17) is 14.2 Å². The molecule has 0 aromatic heterocycles. The zero-order valence-corrected chi connectivity index (χ0v) is 40.3. The highest BCUT2D eigenvalue weighted by atomic mass is 16.6. The van der Waals surface area contributed by atoms with Gasteiger partial charge in [-0.2, -0.15) is 0 Å². The lowest BCUT2D eigenvalue weighted by atomic mass is 10.1. The summed E-state index contributed by atoms with van der Waals surface area (Å²) in [6.07, 6.45) is 71.0. The number of hydrogen-bond acceptors (Lipinski definition) is 5. The number of rotatable bonds is 45. The van der Waals surface area contributed by atoms with E-state index in [1.807, 2.05) is 0 Å². The second-order valence-corrected chi connectivity index (χ2v) is 16.3. The van der Waals surface area contributed by atoms with Crippen molar-refractivity contribution in [3.8, 4) is 0 Å². The van der Waals surface area contributed by atoms with Crippen LogP contribution in [-0.4, -0.2) is 37.9 Å². The largest absolute Gasteiger partial charge is 0.462 e. The van der Waals surface area contributed by atoms with E-state index in [0.717, 1.165) is 103 Å². The highest BCUT2D eigenvalue weighted by Gasteiger charge is 2.17.